The second-order valence-electron chi connectivity index (χ2n) is 5.13. The minimum Gasteiger partial charge on any atom is -0.339 e. The van der Waals surface area contributed by atoms with Crippen molar-refractivity contribution in [3.8, 4) is 11.5 Å². The number of benzene rings is 1. The molecule has 0 spiro atoms. The summed E-state index contributed by atoms with van der Waals surface area (Å²) in [5.41, 5.74) is 1.70. The fourth-order valence-electron chi connectivity index (χ4n) is 2.37. The summed E-state index contributed by atoms with van der Waals surface area (Å²) in [6.45, 7) is 2.07. The zero-order valence-electron chi connectivity index (χ0n) is 10.9. The van der Waals surface area contributed by atoms with Gasteiger partial charge in [0.25, 0.3) is 0 Å². The van der Waals surface area contributed by atoms with Gasteiger partial charge in [-0.15, -0.1) is 0 Å². The van der Waals surface area contributed by atoms with E-state index in [0.29, 0.717) is 17.6 Å². The van der Waals surface area contributed by atoms with Crippen LogP contribution in [0.5, 0.6) is 0 Å². The quantitative estimate of drug-likeness (QED) is 0.786. The van der Waals surface area contributed by atoms with Crippen molar-refractivity contribution in [2.24, 2.45) is 5.92 Å². The van der Waals surface area contributed by atoms with Crippen LogP contribution < -0.4 is 5.32 Å². The molecule has 1 aliphatic rings. The molecule has 1 aliphatic heterocycles. The minimum atomic E-state index is 0.568. The van der Waals surface area contributed by atoms with Gasteiger partial charge in [0, 0.05) is 11.8 Å². The zero-order valence-corrected chi connectivity index (χ0v) is 10.9. The van der Waals surface area contributed by atoms with Gasteiger partial charge in [-0.2, -0.15) is 4.98 Å². The van der Waals surface area contributed by atoms with Crippen molar-refractivity contribution in [2.75, 3.05) is 13.1 Å². The molecule has 1 fully saturated rings. The molecule has 0 atom stereocenters. The summed E-state index contributed by atoms with van der Waals surface area (Å²) in [6, 6.07) is 12.0. The Hall–Kier alpha value is -2.27. The molecular formula is C15H14N4O. The molecule has 5 nitrogen and oxygen atoms in total. The van der Waals surface area contributed by atoms with Gasteiger partial charge in [-0.1, -0.05) is 29.4 Å². The van der Waals surface area contributed by atoms with E-state index in [0.717, 1.165) is 36.1 Å². The summed E-state index contributed by atoms with van der Waals surface area (Å²) in [5, 5.41) is 8.39. The molecule has 0 unspecified atom stereocenters. The normalized spacial score (nSPS) is 15.4. The molecule has 3 heterocycles. The van der Waals surface area contributed by atoms with Crippen LogP contribution >= 0.6 is 0 Å². The van der Waals surface area contributed by atoms with E-state index in [-0.39, 0.29) is 0 Å². The van der Waals surface area contributed by atoms with Gasteiger partial charge < -0.3 is 9.84 Å². The van der Waals surface area contributed by atoms with Crippen LogP contribution in [0.15, 0.2) is 40.9 Å². The molecule has 100 valence electrons. The van der Waals surface area contributed by atoms with Crippen LogP contribution in [0.1, 0.15) is 5.89 Å². The number of aromatic nitrogens is 3. The molecule has 5 heteroatoms. The van der Waals surface area contributed by atoms with Crippen LogP contribution in [0.4, 0.5) is 0 Å². The number of nitrogens with zero attached hydrogens (tertiary/aromatic N) is 3. The lowest BCUT2D eigenvalue weighted by atomic mass is 10.00. The van der Waals surface area contributed by atoms with Crippen molar-refractivity contribution in [1.82, 2.24) is 20.4 Å². The van der Waals surface area contributed by atoms with E-state index in [1.807, 2.05) is 36.4 Å². The average molecular weight is 266 g/mol. The predicted octanol–water partition coefficient (Wildman–Crippen LogP) is 2.05. The SMILES string of the molecule is c1ccc2nc(-c3noc(CC4CNC4)n3)ccc2c1. The third-order valence-electron chi connectivity index (χ3n) is 3.62. The van der Waals surface area contributed by atoms with E-state index >= 15 is 0 Å². The second-order valence-corrected chi connectivity index (χ2v) is 5.13. The molecule has 1 saturated heterocycles. The second kappa shape index (κ2) is 4.68. The van der Waals surface area contributed by atoms with Crippen LogP contribution in [0, 0.1) is 5.92 Å². The molecule has 1 aromatic carbocycles. The number of para-hydroxylation sites is 1. The van der Waals surface area contributed by atoms with Crippen LogP contribution in [-0.4, -0.2) is 28.2 Å². The Balaban J connectivity index is 1.64. The smallest absolute Gasteiger partial charge is 0.227 e. The average Bonchev–Trinajstić information content (AvgIpc) is 2.91. The third-order valence-corrected chi connectivity index (χ3v) is 3.62. The van der Waals surface area contributed by atoms with E-state index in [2.05, 4.69) is 20.4 Å². The highest BCUT2D eigenvalue weighted by Crippen LogP contribution is 2.19. The molecule has 1 N–H and O–H groups in total. The summed E-state index contributed by atoms with van der Waals surface area (Å²) in [7, 11) is 0. The molecule has 2 aromatic heterocycles. The van der Waals surface area contributed by atoms with Crippen molar-refractivity contribution in [3.05, 3.63) is 42.3 Å². The van der Waals surface area contributed by atoms with Crippen LogP contribution in [0.2, 0.25) is 0 Å². The maximum absolute atomic E-state index is 5.31. The highest BCUT2D eigenvalue weighted by molar-refractivity contribution is 5.80. The number of nitrogens with one attached hydrogen (secondary N) is 1. The summed E-state index contributed by atoms with van der Waals surface area (Å²) in [5.74, 6) is 1.88. The number of pyridine rings is 1. The van der Waals surface area contributed by atoms with Crippen molar-refractivity contribution in [1.29, 1.82) is 0 Å². The van der Waals surface area contributed by atoms with Gasteiger partial charge in [0.05, 0.1) is 5.52 Å². The van der Waals surface area contributed by atoms with E-state index in [1.165, 1.54) is 0 Å². The molecule has 0 amide bonds. The van der Waals surface area contributed by atoms with Crippen molar-refractivity contribution >= 4 is 10.9 Å². The van der Waals surface area contributed by atoms with Crippen molar-refractivity contribution in [3.63, 3.8) is 0 Å². The Morgan fingerprint density at radius 2 is 2.00 bits per heavy atom. The lowest BCUT2D eigenvalue weighted by Crippen LogP contribution is -2.43. The standard InChI is InChI=1S/C15H14N4O/c1-2-4-12-11(3-1)5-6-13(17-12)15-18-14(20-19-15)7-10-8-16-9-10/h1-6,10,16H,7-9H2. The van der Waals surface area contributed by atoms with Gasteiger partial charge in [-0.05, 0) is 31.1 Å². The minimum absolute atomic E-state index is 0.568. The van der Waals surface area contributed by atoms with E-state index in [4.69, 9.17) is 4.52 Å². The molecule has 0 bridgehead atoms. The van der Waals surface area contributed by atoms with Gasteiger partial charge in [-0.3, -0.25) is 0 Å². The maximum Gasteiger partial charge on any atom is 0.227 e. The van der Waals surface area contributed by atoms with Crippen LogP contribution in [0.3, 0.4) is 0 Å². The Morgan fingerprint density at radius 1 is 1.10 bits per heavy atom. The summed E-state index contributed by atoms with van der Waals surface area (Å²) in [6.07, 6.45) is 0.841. The van der Waals surface area contributed by atoms with Gasteiger partial charge in [0.15, 0.2) is 0 Å². The summed E-state index contributed by atoms with van der Waals surface area (Å²) < 4.78 is 5.31. The first kappa shape index (κ1) is 11.5. The molecular weight excluding hydrogens is 252 g/mol. The Bertz CT molecular complexity index is 748. The van der Waals surface area contributed by atoms with Gasteiger partial charge >= 0.3 is 0 Å². The topological polar surface area (TPSA) is 63.8 Å². The van der Waals surface area contributed by atoms with E-state index in [9.17, 15) is 0 Å². The first-order chi connectivity index (χ1) is 9.88. The van der Waals surface area contributed by atoms with E-state index in [1.54, 1.807) is 0 Å². The van der Waals surface area contributed by atoms with Crippen LogP contribution in [-0.2, 0) is 6.42 Å². The lowest BCUT2D eigenvalue weighted by Gasteiger charge is -2.25. The maximum atomic E-state index is 5.31. The molecule has 0 aliphatic carbocycles. The third kappa shape index (κ3) is 2.06. The van der Waals surface area contributed by atoms with Gasteiger partial charge in [0.1, 0.15) is 5.69 Å². The highest BCUT2D eigenvalue weighted by atomic mass is 16.5. The first-order valence-electron chi connectivity index (χ1n) is 6.78. The van der Waals surface area contributed by atoms with Gasteiger partial charge in [0.2, 0.25) is 11.7 Å². The number of fused-ring (bicyclic) bond motifs is 1. The summed E-state index contributed by atoms with van der Waals surface area (Å²) in [4.78, 5) is 9.02. The highest BCUT2D eigenvalue weighted by Gasteiger charge is 2.20. The molecule has 3 aromatic rings. The Kier molecular flexibility index (Phi) is 2.70. The van der Waals surface area contributed by atoms with Crippen molar-refractivity contribution in [2.45, 2.75) is 6.42 Å². The van der Waals surface area contributed by atoms with Gasteiger partial charge in [-0.25, -0.2) is 4.98 Å². The largest absolute Gasteiger partial charge is 0.339 e. The Morgan fingerprint density at radius 3 is 2.85 bits per heavy atom. The predicted molar refractivity (Wildman–Crippen MR) is 75.1 cm³/mol. The zero-order chi connectivity index (χ0) is 13.4. The number of hydrogen-bond acceptors (Lipinski definition) is 5. The number of rotatable bonds is 3. The Labute approximate surface area is 116 Å². The van der Waals surface area contributed by atoms with Crippen molar-refractivity contribution < 1.29 is 4.52 Å². The van der Waals surface area contributed by atoms with E-state index < -0.39 is 0 Å². The molecule has 4 rings (SSSR count). The van der Waals surface area contributed by atoms with Crippen LogP contribution in [0.25, 0.3) is 22.4 Å². The fraction of sp³-hybridized carbons (Fsp3) is 0.267. The monoisotopic (exact) mass is 266 g/mol. The first-order valence-corrected chi connectivity index (χ1v) is 6.78. The summed E-state index contributed by atoms with van der Waals surface area (Å²) >= 11 is 0. The lowest BCUT2D eigenvalue weighted by molar-refractivity contribution is 0.296. The molecule has 0 radical (unpaired) electrons. The number of hydrogen-bond donors (Lipinski definition) is 1. The molecule has 0 saturated carbocycles. The molecule has 20 heavy (non-hydrogen) atoms. The fourth-order valence-corrected chi connectivity index (χ4v) is 2.37.